The zero-order chi connectivity index (χ0) is 42.3. The Balaban J connectivity index is 1.16. The van der Waals surface area contributed by atoms with Gasteiger partial charge in [0, 0.05) is 61.6 Å². The van der Waals surface area contributed by atoms with Crippen molar-refractivity contribution in [1.82, 2.24) is 14.5 Å². The van der Waals surface area contributed by atoms with Crippen LogP contribution in [0.25, 0.3) is 27.6 Å². The molecule has 0 unspecified atom stereocenters. The molecule has 4 aliphatic rings. The Kier molecular flexibility index (Phi) is 6.83. The molecule has 0 spiro atoms. The first kappa shape index (κ1) is 36.6. The normalized spacial score (nSPS) is 17.9. The van der Waals surface area contributed by atoms with E-state index in [1.54, 1.807) is 0 Å². The Morgan fingerprint density at radius 2 is 1.02 bits per heavy atom. The number of nitrogens with zero attached hydrogens (tertiary/aromatic N) is 5. The van der Waals surface area contributed by atoms with Gasteiger partial charge in [-0.25, -0.2) is 9.97 Å². The quantitative estimate of drug-likeness (QED) is 0.166. The number of anilines is 6. The Morgan fingerprint density at radius 3 is 1.72 bits per heavy atom. The van der Waals surface area contributed by atoms with Crippen molar-refractivity contribution in [2.45, 2.75) is 103 Å². The molecule has 302 valence electrons. The van der Waals surface area contributed by atoms with Gasteiger partial charge >= 0.3 is 0 Å². The Bertz CT molecular complexity index is 3260. The molecule has 0 saturated heterocycles. The SMILES string of the molecule is CC(C)(C)c1cc2c3c(c1)C(C)(C)c1cccnc1N3c1cc3c(cc1C2(C)C)C(C)(C)c1ccccc1N3c1ccc2c3cccc4c3n(c2c1)-c1ncccc1C4(C)C. The van der Waals surface area contributed by atoms with Crippen molar-refractivity contribution in [3.63, 3.8) is 0 Å². The second kappa shape index (κ2) is 11.4. The van der Waals surface area contributed by atoms with E-state index in [1.807, 2.05) is 12.4 Å². The van der Waals surface area contributed by atoms with Crippen LogP contribution < -0.4 is 9.80 Å². The number of para-hydroxylation sites is 2. The van der Waals surface area contributed by atoms with Crippen LogP contribution in [-0.2, 0) is 27.1 Å². The van der Waals surface area contributed by atoms with Crippen LogP contribution in [0.1, 0.15) is 126 Å². The topological polar surface area (TPSA) is 37.2 Å². The van der Waals surface area contributed by atoms with Crippen molar-refractivity contribution in [3.05, 3.63) is 172 Å². The number of aromatic nitrogens is 3. The van der Waals surface area contributed by atoms with Crippen LogP contribution in [0.5, 0.6) is 0 Å². The zero-order valence-electron chi connectivity index (χ0n) is 37.3. The summed E-state index contributed by atoms with van der Waals surface area (Å²) < 4.78 is 2.43. The lowest BCUT2D eigenvalue weighted by atomic mass is 9.64. The maximum Gasteiger partial charge on any atom is 0.141 e. The third kappa shape index (κ3) is 4.47. The minimum atomic E-state index is -0.286. The van der Waals surface area contributed by atoms with E-state index in [1.165, 1.54) is 94.6 Å². The molecule has 61 heavy (non-hydrogen) atoms. The Hall–Kier alpha value is -6.20. The summed E-state index contributed by atoms with van der Waals surface area (Å²) >= 11 is 0. The highest BCUT2D eigenvalue weighted by atomic mass is 15.2. The van der Waals surface area contributed by atoms with E-state index in [0.717, 1.165) is 17.3 Å². The summed E-state index contributed by atoms with van der Waals surface area (Å²) in [6.07, 6.45) is 3.91. The lowest BCUT2D eigenvalue weighted by Gasteiger charge is -2.51. The zero-order valence-corrected chi connectivity index (χ0v) is 37.3. The molecule has 0 fully saturated rings. The Morgan fingerprint density at radius 1 is 0.443 bits per heavy atom. The molecule has 8 aromatic rings. The van der Waals surface area contributed by atoms with Crippen molar-refractivity contribution in [2.75, 3.05) is 9.80 Å². The molecule has 5 heteroatoms. The van der Waals surface area contributed by atoms with Gasteiger partial charge in [0.1, 0.15) is 11.6 Å². The average Bonchev–Trinajstić information content (AvgIpc) is 3.56. The summed E-state index contributed by atoms with van der Waals surface area (Å²) in [4.78, 5) is 15.4. The summed E-state index contributed by atoms with van der Waals surface area (Å²) in [5.74, 6) is 2.04. The number of benzene rings is 5. The highest BCUT2D eigenvalue weighted by Gasteiger charge is 2.49. The summed E-state index contributed by atoms with van der Waals surface area (Å²) in [5.41, 5.74) is 19.4. The molecule has 0 N–H and O–H groups in total. The van der Waals surface area contributed by atoms with Crippen LogP contribution in [-0.4, -0.2) is 14.5 Å². The van der Waals surface area contributed by atoms with Gasteiger partial charge in [0.2, 0.25) is 0 Å². The van der Waals surface area contributed by atoms with Gasteiger partial charge in [-0.1, -0.05) is 143 Å². The van der Waals surface area contributed by atoms with Gasteiger partial charge in [-0.3, -0.25) is 9.47 Å². The monoisotopic (exact) mass is 795 g/mol. The predicted octanol–water partition coefficient (Wildman–Crippen LogP) is 14.4. The second-order valence-electron chi connectivity index (χ2n) is 21.2. The van der Waals surface area contributed by atoms with Gasteiger partial charge in [0.05, 0.1) is 33.8 Å². The van der Waals surface area contributed by atoms with Crippen LogP contribution in [0.3, 0.4) is 0 Å². The van der Waals surface area contributed by atoms with Crippen LogP contribution >= 0.6 is 0 Å². The van der Waals surface area contributed by atoms with Crippen LogP contribution in [0, 0.1) is 0 Å². The van der Waals surface area contributed by atoms with Gasteiger partial charge in [0.15, 0.2) is 0 Å². The minimum absolute atomic E-state index is 0.0125. The second-order valence-corrected chi connectivity index (χ2v) is 21.2. The molecule has 12 rings (SSSR count). The van der Waals surface area contributed by atoms with Gasteiger partial charge in [-0.15, -0.1) is 0 Å². The molecule has 7 heterocycles. The Labute approximate surface area is 359 Å². The number of rotatable bonds is 1. The highest BCUT2D eigenvalue weighted by molar-refractivity contribution is 6.12. The average molecular weight is 796 g/mol. The fourth-order valence-corrected chi connectivity index (χ4v) is 11.8. The molecule has 0 amide bonds. The van der Waals surface area contributed by atoms with Gasteiger partial charge in [0.25, 0.3) is 0 Å². The summed E-state index contributed by atoms with van der Waals surface area (Å²) in [7, 11) is 0. The summed E-state index contributed by atoms with van der Waals surface area (Å²) in [5, 5.41) is 2.51. The highest BCUT2D eigenvalue weighted by Crippen LogP contribution is 2.63. The third-order valence-electron chi connectivity index (χ3n) is 15.4. The van der Waals surface area contributed by atoms with E-state index in [9.17, 15) is 0 Å². The van der Waals surface area contributed by atoms with Gasteiger partial charge < -0.3 is 4.90 Å². The molecule has 4 aliphatic heterocycles. The molecule has 0 bridgehead atoms. The largest absolute Gasteiger partial charge is 0.310 e. The minimum Gasteiger partial charge on any atom is -0.310 e. The first-order chi connectivity index (χ1) is 28.9. The van der Waals surface area contributed by atoms with E-state index in [-0.39, 0.29) is 27.1 Å². The van der Waals surface area contributed by atoms with E-state index in [4.69, 9.17) is 9.97 Å². The number of pyridine rings is 2. The fourth-order valence-electron chi connectivity index (χ4n) is 11.8. The fraction of sp³-hybridized carbons (Fsp3) is 0.286. The van der Waals surface area contributed by atoms with Crippen LogP contribution in [0.4, 0.5) is 34.3 Å². The maximum atomic E-state index is 5.23. The van der Waals surface area contributed by atoms with Gasteiger partial charge in [-0.2, -0.15) is 0 Å². The molecular weight excluding hydrogens is 743 g/mol. The van der Waals surface area contributed by atoms with Crippen molar-refractivity contribution < 1.29 is 0 Å². The van der Waals surface area contributed by atoms with E-state index in [2.05, 4.69) is 200 Å². The van der Waals surface area contributed by atoms with E-state index in [0.29, 0.717) is 0 Å². The standard InChI is InChI=1S/C56H53N5/c1-52(2,3)32-27-42-49-43(28-32)56(10,11)41-30-40-46(31-47(41)61(49)51-39(55(42,8)9)21-16-26-58-51)59(44-22-13-12-18-36(44)53(40,4)5)33-23-24-34-35-17-14-19-37-48(35)60(45(34)29-33)50-38(54(37,6)7)20-15-25-57-50/h12-31H,1-11H3. The lowest BCUT2D eigenvalue weighted by Crippen LogP contribution is -2.40. The summed E-state index contributed by atoms with van der Waals surface area (Å²) in [6, 6.07) is 41.8. The van der Waals surface area contributed by atoms with Crippen molar-refractivity contribution in [2.24, 2.45) is 0 Å². The summed E-state index contributed by atoms with van der Waals surface area (Å²) in [6.45, 7) is 26.2. The van der Waals surface area contributed by atoms with Crippen molar-refractivity contribution in [1.29, 1.82) is 0 Å². The number of hydrogen-bond acceptors (Lipinski definition) is 4. The first-order valence-electron chi connectivity index (χ1n) is 22.0. The molecule has 5 nitrogen and oxygen atoms in total. The molecular formula is C56H53N5. The number of hydrogen-bond donors (Lipinski definition) is 0. The smallest absolute Gasteiger partial charge is 0.141 e. The molecule has 0 saturated carbocycles. The van der Waals surface area contributed by atoms with Crippen LogP contribution in [0.15, 0.2) is 122 Å². The van der Waals surface area contributed by atoms with E-state index >= 15 is 0 Å². The molecule has 0 atom stereocenters. The third-order valence-corrected chi connectivity index (χ3v) is 15.4. The number of fused-ring (bicyclic) bond motifs is 11. The molecule has 0 radical (unpaired) electrons. The molecule has 5 aromatic carbocycles. The van der Waals surface area contributed by atoms with Gasteiger partial charge in [-0.05, 0) is 86.8 Å². The van der Waals surface area contributed by atoms with E-state index < -0.39 is 0 Å². The van der Waals surface area contributed by atoms with Crippen LogP contribution in [0.2, 0.25) is 0 Å². The molecule has 3 aromatic heterocycles. The van der Waals surface area contributed by atoms with Crippen molar-refractivity contribution >= 4 is 56.1 Å². The van der Waals surface area contributed by atoms with Crippen molar-refractivity contribution in [3.8, 4) is 5.82 Å². The maximum absolute atomic E-state index is 5.23. The first-order valence-corrected chi connectivity index (χ1v) is 22.0. The predicted molar refractivity (Wildman–Crippen MR) is 253 cm³/mol. The molecule has 0 aliphatic carbocycles. The lowest BCUT2D eigenvalue weighted by molar-refractivity contribution is 0.560.